The molecule has 0 radical (unpaired) electrons. The van der Waals surface area contributed by atoms with E-state index in [1.807, 2.05) is 36.4 Å². The van der Waals surface area contributed by atoms with Crippen LogP contribution in [0.2, 0.25) is 0 Å². The van der Waals surface area contributed by atoms with Gasteiger partial charge < -0.3 is 4.52 Å². The molecule has 6 heteroatoms. The molecule has 1 fully saturated rings. The Morgan fingerprint density at radius 1 is 1.17 bits per heavy atom. The first-order valence-electron chi connectivity index (χ1n) is 7.46. The van der Waals surface area contributed by atoms with Crippen molar-refractivity contribution in [3.63, 3.8) is 0 Å². The Hall–Kier alpha value is -2.96. The second kappa shape index (κ2) is 6.87. The van der Waals surface area contributed by atoms with Crippen molar-refractivity contribution in [1.29, 1.82) is 10.5 Å². The number of likely N-dealkylation sites (tertiary alicyclic amines) is 1. The van der Waals surface area contributed by atoms with Gasteiger partial charge in [-0.05, 0) is 37.6 Å². The molecule has 6 nitrogen and oxygen atoms in total. The van der Waals surface area contributed by atoms with Crippen LogP contribution in [0.4, 0.5) is 0 Å². The smallest absolute Gasteiger partial charge is 0.241 e. The van der Waals surface area contributed by atoms with Crippen LogP contribution in [0.1, 0.15) is 24.3 Å². The van der Waals surface area contributed by atoms with E-state index in [-0.39, 0.29) is 5.57 Å². The normalized spacial score (nSPS) is 14.2. The van der Waals surface area contributed by atoms with Crippen molar-refractivity contribution in [2.75, 3.05) is 13.1 Å². The summed E-state index contributed by atoms with van der Waals surface area (Å²) >= 11 is 0. The van der Waals surface area contributed by atoms with E-state index in [9.17, 15) is 0 Å². The Kier molecular flexibility index (Phi) is 4.46. The van der Waals surface area contributed by atoms with Crippen molar-refractivity contribution in [3.8, 4) is 23.5 Å². The first-order valence-corrected chi connectivity index (χ1v) is 7.46. The quantitative estimate of drug-likeness (QED) is 0.807. The van der Waals surface area contributed by atoms with E-state index >= 15 is 0 Å². The molecule has 0 amide bonds. The molecule has 2 heterocycles. The first kappa shape index (κ1) is 15.0. The summed E-state index contributed by atoms with van der Waals surface area (Å²) in [6.07, 6.45) is 3.99. The maximum absolute atomic E-state index is 8.76. The highest BCUT2D eigenvalue weighted by Gasteiger charge is 2.16. The van der Waals surface area contributed by atoms with Gasteiger partial charge in [0.2, 0.25) is 11.7 Å². The molecule has 0 atom stereocenters. The molecule has 23 heavy (non-hydrogen) atoms. The van der Waals surface area contributed by atoms with Crippen LogP contribution in [0.15, 0.2) is 34.4 Å². The molecular formula is C17H15N5O. The Morgan fingerprint density at radius 3 is 2.52 bits per heavy atom. The third-order valence-corrected chi connectivity index (χ3v) is 3.75. The molecule has 0 N–H and O–H groups in total. The van der Waals surface area contributed by atoms with Crippen molar-refractivity contribution >= 4 is 6.08 Å². The second-order valence-corrected chi connectivity index (χ2v) is 5.40. The lowest BCUT2D eigenvalue weighted by atomic mass is 10.1. The van der Waals surface area contributed by atoms with Crippen molar-refractivity contribution in [2.24, 2.45) is 0 Å². The van der Waals surface area contributed by atoms with Gasteiger partial charge in [0.25, 0.3) is 0 Å². The lowest BCUT2D eigenvalue weighted by Gasteiger charge is -2.09. The van der Waals surface area contributed by atoms with Gasteiger partial charge in [-0.2, -0.15) is 15.5 Å². The van der Waals surface area contributed by atoms with E-state index in [0.717, 1.165) is 24.2 Å². The molecule has 0 aliphatic carbocycles. The van der Waals surface area contributed by atoms with E-state index in [2.05, 4.69) is 15.0 Å². The van der Waals surface area contributed by atoms with Crippen molar-refractivity contribution in [2.45, 2.75) is 19.4 Å². The third-order valence-electron chi connectivity index (χ3n) is 3.75. The van der Waals surface area contributed by atoms with Crippen LogP contribution in [0, 0.1) is 22.7 Å². The highest BCUT2D eigenvalue weighted by Crippen LogP contribution is 2.19. The zero-order chi connectivity index (χ0) is 16.1. The molecule has 1 aliphatic heterocycles. The molecule has 3 rings (SSSR count). The number of hydrogen-bond donors (Lipinski definition) is 0. The van der Waals surface area contributed by atoms with Crippen molar-refractivity contribution in [3.05, 3.63) is 41.3 Å². The number of hydrogen-bond acceptors (Lipinski definition) is 6. The maximum atomic E-state index is 8.76. The van der Waals surface area contributed by atoms with Crippen molar-refractivity contribution < 1.29 is 4.52 Å². The number of aromatic nitrogens is 2. The van der Waals surface area contributed by atoms with Gasteiger partial charge in [-0.25, -0.2) is 0 Å². The summed E-state index contributed by atoms with van der Waals surface area (Å²) in [5.74, 6) is 1.18. The summed E-state index contributed by atoms with van der Waals surface area (Å²) in [6.45, 7) is 2.86. The largest absolute Gasteiger partial charge is 0.338 e. The van der Waals surface area contributed by atoms with E-state index in [1.54, 1.807) is 6.08 Å². The van der Waals surface area contributed by atoms with E-state index in [0.29, 0.717) is 18.3 Å². The van der Waals surface area contributed by atoms with E-state index < -0.39 is 0 Å². The van der Waals surface area contributed by atoms with Gasteiger partial charge in [0.1, 0.15) is 17.7 Å². The van der Waals surface area contributed by atoms with Gasteiger partial charge in [0.15, 0.2) is 0 Å². The minimum Gasteiger partial charge on any atom is -0.338 e. The fourth-order valence-electron chi connectivity index (χ4n) is 2.55. The van der Waals surface area contributed by atoms with Gasteiger partial charge in [-0.3, -0.25) is 4.90 Å². The van der Waals surface area contributed by atoms with Crippen LogP contribution in [-0.2, 0) is 6.54 Å². The average molecular weight is 305 g/mol. The molecule has 1 aromatic carbocycles. The molecule has 1 aromatic heterocycles. The highest BCUT2D eigenvalue weighted by atomic mass is 16.5. The molecule has 2 aromatic rings. The third kappa shape index (κ3) is 3.63. The zero-order valence-electron chi connectivity index (χ0n) is 12.6. The summed E-state index contributed by atoms with van der Waals surface area (Å²) in [7, 11) is 0. The summed E-state index contributed by atoms with van der Waals surface area (Å²) in [6, 6.07) is 11.0. The van der Waals surface area contributed by atoms with Gasteiger partial charge in [0, 0.05) is 5.56 Å². The highest BCUT2D eigenvalue weighted by molar-refractivity contribution is 5.65. The topological polar surface area (TPSA) is 89.7 Å². The minimum atomic E-state index is 0.0743. The molecule has 0 bridgehead atoms. The minimum absolute atomic E-state index is 0.0743. The summed E-state index contributed by atoms with van der Waals surface area (Å²) in [4.78, 5) is 6.73. The Labute approximate surface area is 134 Å². The Bertz CT molecular complexity index is 770. The molecule has 1 aliphatic rings. The predicted octanol–water partition coefficient (Wildman–Crippen LogP) is 2.76. The maximum Gasteiger partial charge on any atom is 0.241 e. The molecule has 1 saturated heterocycles. The van der Waals surface area contributed by atoms with Gasteiger partial charge in [-0.15, -0.1) is 0 Å². The Balaban J connectivity index is 1.72. The number of nitriles is 2. The summed E-state index contributed by atoms with van der Waals surface area (Å²) in [5.41, 5.74) is 1.70. The zero-order valence-corrected chi connectivity index (χ0v) is 12.6. The molecule has 0 spiro atoms. The lowest BCUT2D eigenvalue weighted by molar-refractivity contribution is 0.268. The fraction of sp³-hybridized carbons (Fsp3) is 0.294. The summed E-state index contributed by atoms with van der Waals surface area (Å²) < 4.78 is 5.31. The van der Waals surface area contributed by atoms with E-state index in [1.165, 1.54) is 12.8 Å². The number of allylic oxidation sites excluding steroid dienone is 1. The van der Waals surface area contributed by atoms with Gasteiger partial charge in [-0.1, -0.05) is 29.4 Å². The van der Waals surface area contributed by atoms with Crippen LogP contribution < -0.4 is 0 Å². The average Bonchev–Trinajstić information content (AvgIpc) is 3.26. The standard InChI is InChI=1S/C17H15N5O/c18-10-14(11-19)9-13-3-5-15(6-4-13)17-20-16(23-21-17)12-22-7-1-2-8-22/h3-6,9H,1-2,7-8,12H2. The van der Waals surface area contributed by atoms with Crippen LogP contribution >= 0.6 is 0 Å². The van der Waals surface area contributed by atoms with Crippen molar-refractivity contribution in [1.82, 2.24) is 15.0 Å². The number of rotatable bonds is 4. The molecular weight excluding hydrogens is 290 g/mol. The van der Waals surface area contributed by atoms with E-state index in [4.69, 9.17) is 15.0 Å². The first-order chi connectivity index (χ1) is 11.3. The molecule has 114 valence electrons. The van der Waals surface area contributed by atoms with Crippen LogP contribution in [0.25, 0.3) is 17.5 Å². The number of nitrogens with zero attached hydrogens (tertiary/aromatic N) is 5. The predicted molar refractivity (Wildman–Crippen MR) is 83.4 cm³/mol. The fourth-order valence-corrected chi connectivity index (χ4v) is 2.55. The SMILES string of the molecule is N#CC(C#N)=Cc1ccc(-c2noc(CN3CCCC3)n2)cc1. The molecule has 0 saturated carbocycles. The number of benzene rings is 1. The molecule has 0 unspecified atom stereocenters. The van der Waals surface area contributed by atoms with Crippen LogP contribution in [0.3, 0.4) is 0 Å². The lowest BCUT2D eigenvalue weighted by Crippen LogP contribution is -2.18. The van der Waals surface area contributed by atoms with Crippen LogP contribution in [-0.4, -0.2) is 28.1 Å². The van der Waals surface area contributed by atoms with Crippen LogP contribution in [0.5, 0.6) is 0 Å². The van der Waals surface area contributed by atoms with Gasteiger partial charge >= 0.3 is 0 Å². The second-order valence-electron chi connectivity index (χ2n) is 5.40. The Morgan fingerprint density at radius 2 is 1.87 bits per heavy atom. The van der Waals surface area contributed by atoms with Gasteiger partial charge in [0.05, 0.1) is 6.54 Å². The summed E-state index contributed by atoms with van der Waals surface area (Å²) in [5, 5.41) is 21.5. The monoisotopic (exact) mass is 305 g/mol.